The van der Waals surface area contributed by atoms with Gasteiger partial charge in [-0.15, -0.1) is 12.3 Å². The zero-order chi connectivity index (χ0) is 12.4. The molecule has 0 radical (unpaired) electrons. The minimum atomic E-state index is -0.463. The molecule has 0 bridgehead atoms. The standard InChI is InChI=1S/C12H14N2O3/c1-3-8-7-11(17-9(8)4-2)14-6-5-10(15)13-12(14)16/h1,5-6,8-9,11H,4,7H2,2H3,(H,13,15,16)/t8?,9-,11?/m1/s1. The van der Waals surface area contributed by atoms with Crippen LogP contribution in [0.1, 0.15) is 26.0 Å². The van der Waals surface area contributed by atoms with Crippen LogP contribution >= 0.6 is 0 Å². The first kappa shape index (κ1) is 11.7. The molecule has 0 aliphatic carbocycles. The van der Waals surface area contributed by atoms with Gasteiger partial charge in [0.15, 0.2) is 0 Å². The van der Waals surface area contributed by atoms with E-state index in [2.05, 4.69) is 10.9 Å². The number of aromatic amines is 1. The van der Waals surface area contributed by atoms with Crippen molar-refractivity contribution in [2.75, 3.05) is 0 Å². The minimum Gasteiger partial charge on any atom is -0.353 e. The third-order valence-electron chi connectivity index (χ3n) is 3.01. The highest BCUT2D eigenvalue weighted by molar-refractivity contribution is 5.01. The third-order valence-corrected chi connectivity index (χ3v) is 3.01. The van der Waals surface area contributed by atoms with Gasteiger partial charge in [0, 0.05) is 18.7 Å². The number of rotatable bonds is 2. The lowest BCUT2D eigenvalue weighted by Gasteiger charge is -2.14. The topological polar surface area (TPSA) is 64.1 Å². The molecule has 3 atom stereocenters. The average Bonchev–Trinajstić information content (AvgIpc) is 2.72. The molecule has 90 valence electrons. The molecule has 5 nitrogen and oxygen atoms in total. The lowest BCUT2D eigenvalue weighted by Crippen LogP contribution is -2.31. The maximum atomic E-state index is 11.6. The monoisotopic (exact) mass is 234 g/mol. The van der Waals surface area contributed by atoms with Crippen LogP contribution in [0.15, 0.2) is 21.9 Å². The van der Waals surface area contributed by atoms with Crippen LogP contribution in [0.25, 0.3) is 0 Å². The van der Waals surface area contributed by atoms with Crippen LogP contribution in [0.3, 0.4) is 0 Å². The van der Waals surface area contributed by atoms with Gasteiger partial charge in [-0.2, -0.15) is 0 Å². The van der Waals surface area contributed by atoms with Crippen LogP contribution in [-0.4, -0.2) is 15.7 Å². The quantitative estimate of drug-likeness (QED) is 0.757. The van der Waals surface area contributed by atoms with Gasteiger partial charge in [-0.1, -0.05) is 6.92 Å². The molecule has 0 saturated carbocycles. The molecule has 0 amide bonds. The van der Waals surface area contributed by atoms with Gasteiger partial charge in [0.2, 0.25) is 0 Å². The van der Waals surface area contributed by atoms with Gasteiger partial charge in [0.25, 0.3) is 5.56 Å². The Morgan fingerprint density at radius 2 is 2.41 bits per heavy atom. The second-order valence-corrected chi connectivity index (χ2v) is 4.06. The first-order chi connectivity index (χ1) is 8.15. The van der Waals surface area contributed by atoms with Crippen LogP contribution in [0, 0.1) is 18.3 Å². The SMILES string of the molecule is C#CC1CC(n2ccc(=O)[nH]c2=O)O[C@@H]1CC. The van der Waals surface area contributed by atoms with Crippen LogP contribution in [0.2, 0.25) is 0 Å². The third kappa shape index (κ3) is 2.17. The Labute approximate surface area is 98.4 Å². The fourth-order valence-corrected chi connectivity index (χ4v) is 2.11. The van der Waals surface area contributed by atoms with Crippen molar-refractivity contribution < 1.29 is 4.74 Å². The number of aromatic nitrogens is 2. The molecule has 17 heavy (non-hydrogen) atoms. The molecule has 1 saturated heterocycles. The predicted molar refractivity (Wildman–Crippen MR) is 62.5 cm³/mol. The number of terminal acetylenes is 1. The second kappa shape index (κ2) is 4.60. The largest absolute Gasteiger partial charge is 0.353 e. The molecule has 1 aromatic rings. The van der Waals surface area contributed by atoms with Gasteiger partial charge in [0.05, 0.1) is 12.0 Å². The van der Waals surface area contributed by atoms with Gasteiger partial charge in [-0.3, -0.25) is 14.3 Å². The highest BCUT2D eigenvalue weighted by Crippen LogP contribution is 2.33. The molecular weight excluding hydrogens is 220 g/mol. The highest BCUT2D eigenvalue weighted by atomic mass is 16.5. The zero-order valence-corrected chi connectivity index (χ0v) is 9.55. The van der Waals surface area contributed by atoms with Gasteiger partial charge in [-0.05, 0) is 6.42 Å². The number of H-pyrrole nitrogens is 1. The molecular formula is C12H14N2O3. The Kier molecular flexibility index (Phi) is 3.16. The van der Waals surface area contributed by atoms with Crippen LogP contribution in [-0.2, 0) is 4.74 Å². The van der Waals surface area contributed by atoms with E-state index in [9.17, 15) is 9.59 Å². The molecule has 0 spiro atoms. The zero-order valence-electron chi connectivity index (χ0n) is 9.55. The lowest BCUT2D eigenvalue weighted by molar-refractivity contribution is -0.00553. The molecule has 2 rings (SSSR count). The Hall–Kier alpha value is -1.80. The molecule has 1 fully saturated rings. The number of hydrogen-bond acceptors (Lipinski definition) is 3. The molecule has 2 unspecified atom stereocenters. The summed E-state index contributed by atoms with van der Waals surface area (Å²) in [5, 5.41) is 0. The molecule has 0 aromatic carbocycles. The molecule has 1 N–H and O–H groups in total. The van der Waals surface area contributed by atoms with Crippen molar-refractivity contribution in [3.8, 4) is 12.3 Å². The van der Waals surface area contributed by atoms with Crippen molar-refractivity contribution in [1.82, 2.24) is 9.55 Å². The lowest BCUT2D eigenvalue weighted by atomic mass is 10.0. The van der Waals surface area contributed by atoms with E-state index < -0.39 is 11.2 Å². The van der Waals surface area contributed by atoms with E-state index in [-0.39, 0.29) is 18.2 Å². The minimum absolute atomic E-state index is 0.0174. The van der Waals surface area contributed by atoms with Crippen LogP contribution in [0.4, 0.5) is 0 Å². The summed E-state index contributed by atoms with van der Waals surface area (Å²) >= 11 is 0. The number of hydrogen-bond donors (Lipinski definition) is 1. The van der Waals surface area contributed by atoms with E-state index in [1.54, 1.807) is 0 Å². The smallest absolute Gasteiger partial charge is 0.330 e. The van der Waals surface area contributed by atoms with E-state index in [0.717, 1.165) is 6.42 Å². The average molecular weight is 234 g/mol. The maximum Gasteiger partial charge on any atom is 0.330 e. The Morgan fingerprint density at radius 3 is 2.94 bits per heavy atom. The summed E-state index contributed by atoms with van der Waals surface area (Å²) in [4.78, 5) is 24.8. The van der Waals surface area contributed by atoms with Gasteiger partial charge < -0.3 is 4.74 Å². The molecule has 1 aromatic heterocycles. The Morgan fingerprint density at radius 1 is 1.65 bits per heavy atom. The summed E-state index contributed by atoms with van der Waals surface area (Å²) in [6.45, 7) is 1.99. The first-order valence-electron chi connectivity index (χ1n) is 5.58. The van der Waals surface area contributed by atoms with Gasteiger partial charge in [-0.25, -0.2) is 4.79 Å². The summed E-state index contributed by atoms with van der Waals surface area (Å²) < 4.78 is 7.10. The fraction of sp³-hybridized carbons (Fsp3) is 0.500. The molecule has 1 aliphatic heterocycles. The summed E-state index contributed by atoms with van der Waals surface area (Å²) in [5.74, 6) is 2.70. The second-order valence-electron chi connectivity index (χ2n) is 4.06. The normalized spacial score (nSPS) is 27.9. The van der Waals surface area contributed by atoms with Crippen LogP contribution in [0.5, 0.6) is 0 Å². The van der Waals surface area contributed by atoms with E-state index in [4.69, 9.17) is 11.2 Å². The van der Waals surface area contributed by atoms with E-state index in [0.29, 0.717) is 6.42 Å². The number of nitrogens with one attached hydrogen (secondary N) is 1. The summed E-state index contributed by atoms with van der Waals surface area (Å²) in [7, 11) is 0. The van der Waals surface area contributed by atoms with E-state index in [1.807, 2.05) is 6.92 Å². The Bertz CT molecular complexity index is 552. The van der Waals surface area contributed by atoms with Crippen molar-refractivity contribution in [3.05, 3.63) is 33.1 Å². The Balaban J connectivity index is 2.29. The van der Waals surface area contributed by atoms with Gasteiger partial charge in [0.1, 0.15) is 6.23 Å². The number of ether oxygens (including phenoxy) is 1. The van der Waals surface area contributed by atoms with E-state index >= 15 is 0 Å². The first-order valence-corrected chi connectivity index (χ1v) is 5.58. The molecule has 1 aliphatic rings. The molecule has 5 heteroatoms. The van der Waals surface area contributed by atoms with Crippen molar-refractivity contribution in [2.45, 2.75) is 32.1 Å². The summed E-state index contributed by atoms with van der Waals surface area (Å²) in [6, 6.07) is 1.30. The van der Waals surface area contributed by atoms with Crippen molar-refractivity contribution in [2.24, 2.45) is 5.92 Å². The van der Waals surface area contributed by atoms with Crippen molar-refractivity contribution in [1.29, 1.82) is 0 Å². The van der Waals surface area contributed by atoms with Crippen molar-refractivity contribution >= 4 is 0 Å². The summed E-state index contributed by atoms with van der Waals surface area (Å²) in [5.41, 5.74) is -0.875. The van der Waals surface area contributed by atoms with Gasteiger partial charge >= 0.3 is 5.69 Å². The molecule has 2 heterocycles. The maximum absolute atomic E-state index is 11.6. The van der Waals surface area contributed by atoms with Crippen molar-refractivity contribution in [3.63, 3.8) is 0 Å². The summed E-state index contributed by atoms with van der Waals surface area (Å²) in [6.07, 6.45) is 7.87. The fourth-order valence-electron chi connectivity index (χ4n) is 2.11. The van der Waals surface area contributed by atoms with Crippen LogP contribution < -0.4 is 11.2 Å². The predicted octanol–water partition coefficient (Wildman–Crippen LogP) is 0.483. The van der Waals surface area contributed by atoms with E-state index in [1.165, 1.54) is 16.8 Å². The number of nitrogens with zero attached hydrogens (tertiary/aromatic N) is 1. The highest BCUT2D eigenvalue weighted by Gasteiger charge is 2.34.